The van der Waals surface area contributed by atoms with Gasteiger partial charge in [0.15, 0.2) is 34.9 Å². The van der Waals surface area contributed by atoms with Gasteiger partial charge in [0.2, 0.25) is 0 Å². The fraction of sp³-hybridized carbons (Fsp3) is 0.281. The lowest BCUT2D eigenvalue weighted by molar-refractivity contribution is -0.133. The first-order valence-corrected chi connectivity index (χ1v) is 50.3. The number of benzene rings is 6. The first-order chi connectivity index (χ1) is 71.7. The lowest BCUT2D eigenvalue weighted by Crippen LogP contribution is -2.29. The van der Waals surface area contributed by atoms with Crippen molar-refractivity contribution in [2.24, 2.45) is 0 Å². The summed E-state index contributed by atoms with van der Waals surface area (Å²) in [6.07, 6.45) is 23.8. The number of aromatic nitrogens is 12. The van der Waals surface area contributed by atoms with Crippen LogP contribution in [-0.2, 0) is 73.7 Å². The van der Waals surface area contributed by atoms with Crippen molar-refractivity contribution in [2.45, 2.75) is 161 Å². The lowest BCUT2D eigenvalue weighted by Gasteiger charge is -2.31. The Morgan fingerprint density at radius 1 is 0.349 bits per heavy atom. The highest BCUT2D eigenvalue weighted by atomic mass is 32.1. The van der Waals surface area contributed by atoms with E-state index in [1.54, 1.807) is 96.3 Å². The van der Waals surface area contributed by atoms with Crippen LogP contribution in [0, 0.1) is 23.3 Å². The number of carbonyl (C=O) groups is 6. The Labute approximate surface area is 860 Å². The Balaban J connectivity index is 0.000000117. The van der Waals surface area contributed by atoms with Crippen molar-refractivity contribution in [1.82, 2.24) is 59.8 Å². The average molecular weight is 2030 g/mol. The molecular weight excluding hydrogens is 1920 g/mol. The van der Waals surface area contributed by atoms with Crippen LogP contribution in [0.1, 0.15) is 177 Å². The van der Waals surface area contributed by atoms with Gasteiger partial charge in [-0.15, -0.1) is 11.3 Å². The Morgan fingerprint density at radius 2 is 0.711 bits per heavy atom. The molecule has 0 radical (unpaired) electrons. The number of nitrogens with zero attached hydrogens (tertiary/aromatic N) is 18. The molecule has 0 bridgehead atoms. The molecule has 0 spiro atoms. The number of fused-ring (bicyclic) bond motifs is 7. The number of anilines is 8. The number of aryl methyl sites for hydroxylation is 1. The molecule has 30 nitrogen and oxygen atoms in total. The number of hydrogen-bond donors (Lipinski definition) is 6. The summed E-state index contributed by atoms with van der Waals surface area (Å²) < 4.78 is 53.3. The number of halogens is 4. The van der Waals surface area contributed by atoms with Gasteiger partial charge >= 0.3 is 35.8 Å². The SMILES string of the molecule is CC(C)N(C)c1nc2c(nc1-c1cccs1)C=C(C(=O)O)C2.CC(C)N(C)c1nc2c(nc1C1CCCCC1)C=C(C(=O)O)C2.CN(c1ccccc1)c1nc2c(nc1-c1ccc(F)cc1)C=C(C(=O)O)C2.CN(c1nc2c(nc1-c1ccc(F)cc1)C=C(C(=O)O)C2)C1CC1.O=C(O)C1=Cc2nc(-c3ccc(F)cc3)c(N3CCCC3)nc2C1.O=C(O)C1=Cc2nc(-c3ccc(F)cc3)c(N3CCCc4ccccc43)nc2C1. The molecule has 2 aliphatic heterocycles. The second kappa shape index (κ2) is 44.3. The minimum absolute atomic E-state index is 0.233. The van der Waals surface area contributed by atoms with Crippen LogP contribution < -0.4 is 29.4 Å². The smallest absolute Gasteiger partial charge is 0.332 e. The predicted molar refractivity (Wildman–Crippen MR) is 565 cm³/mol. The zero-order valence-corrected chi connectivity index (χ0v) is 84.0. The fourth-order valence-corrected chi connectivity index (χ4v) is 19.6. The molecule has 2 saturated carbocycles. The van der Waals surface area contributed by atoms with Gasteiger partial charge in [-0.05, 0) is 248 Å². The molecule has 149 heavy (non-hydrogen) atoms. The van der Waals surface area contributed by atoms with E-state index in [0.717, 1.165) is 156 Å². The number of carboxylic acid groups (broad SMARTS) is 6. The molecule has 8 aliphatic carbocycles. The maximum Gasteiger partial charge on any atom is 0.332 e. The number of aliphatic carboxylic acids is 6. The van der Waals surface area contributed by atoms with E-state index < -0.39 is 35.8 Å². The van der Waals surface area contributed by atoms with Gasteiger partial charge in [-0.3, -0.25) is 0 Å². The number of hydrogen-bond acceptors (Lipinski definition) is 25. The summed E-state index contributed by atoms with van der Waals surface area (Å²) in [6.45, 7) is 11.1. The summed E-state index contributed by atoms with van der Waals surface area (Å²) in [7, 11) is 7.88. The Kier molecular flexibility index (Phi) is 30.4. The molecule has 1 saturated heterocycles. The van der Waals surface area contributed by atoms with Crippen molar-refractivity contribution in [3.63, 3.8) is 0 Å². The van der Waals surface area contributed by atoms with Gasteiger partial charge in [0.1, 0.15) is 51.7 Å². The van der Waals surface area contributed by atoms with Crippen LogP contribution in [-0.4, -0.2) is 192 Å². The van der Waals surface area contributed by atoms with Gasteiger partial charge in [0.05, 0.1) is 78.9 Å². The van der Waals surface area contributed by atoms with Crippen LogP contribution in [0.2, 0.25) is 0 Å². The van der Waals surface area contributed by atoms with Crippen LogP contribution >= 0.6 is 11.3 Å². The van der Waals surface area contributed by atoms with Crippen molar-refractivity contribution < 1.29 is 77.0 Å². The standard InChI is InChI=1S/C23H18FN3O2.C21H16FN3O2.2C18H16FN3O2.C18H25N3O2.C16H17N3O2S/c24-17-9-7-15(8-10-17)21-22(26-19-13-16(23(28)29)12-18(19)25-21)27-11-3-5-14-4-1-2-6-20(14)27;1-25(16-5-3-2-4-6-16)20-19(13-7-9-15(22)10-8-13)23-17-11-14(21(26)27)12-18(17)24-20;1-22(13-6-7-13)17-16(10-2-4-12(19)5-3-10)20-14-8-11(18(23)24)9-15(14)21-17;19-13-5-3-11(4-6-13)16-17(22-7-1-2-8-22)21-15-10-12(18(23)24)9-14(15)20-16;1-11(2)21(3)17-16(12-7-5-4-6-8-12)19-14-9-13(18(22)23)10-15(14)20-17;1-9(2)19(3)15-14(13-5-4-6-22-13)17-11-7-10(16(20)21)8-12(11)18-15/h1-2,4,6-10,12H,3,5,11,13H2,(H,28,29);2-11H,12H2,1H3,(H,26,27);2-5,8,13H,6-7,9H2,1H3,(H,23,24);3-6,9H,1-2,7-8,10H2,(H,23,24);9,11-12H,4-8,10H2,1-3H3,(H,22,23);4-7,9H,8H2,1-3H3,(H,20,21). The third kappa shape index (κ3) is 22.9. The quantitative estimate of drug-likeness (QED) is 0.0343. The first kappa shape index (κ1) is 102. The van der Waals surface area contributed by atoms with E-state index in [-0.39, 0.29) is 59.7 Å². The van der Waals surface area contributed by atoms with Crippen molar-refractivity contribution in [3.05, 3.63) is 305 Å². The van der Waals surface area contributed by atoms with E-state index in [9.17, 15) is 77.0 Å². The van der Waals surface area contributed by atoms with Crippen LogP contribution in [0.5, 0.6) is 0 Å². The molecule has 0 atom stereocenters. The Hall–Kier alpha value is -16.7. The van der Waals surface area contributed by atoms with Crippen LogP contribution in [0.25, 0.3) is 92.1 Å². The van der Waals surface area contributed by atoms with E-state index in [2.05, 4.69) is 79.3 Å². The van der Waals surface area contributed by atoms with Gasteiger partial charge in [0.25, 0.3) is 0 Å². The fourth-order valence-electron chi connectivity index (χ4n) is 18.9. The summed E-state index contributed by atoms with van der Waals surface area (Å²) in [5, 5.41) is 57.5. The highest BCUT2D eigenvalue weighted by Crippen LogP contribution is 2.46. The lowest BCUT2D eigenvalue weighted by atomic mass is 9.86. The molecule has 760 valence electrons. The summed E-state index contributed by atoms with van der Waals surface area (Å²) in [5.41, 5.74) is 20.4. The summed E-state index contributed by atoms with van der Waals surface area (Å²) in [5.74, 6) is -1.93. The molecule has 7 aromatic heterocycles. The zero-order valence-electron chi connectivity index (χ0n) is 83.2. The Bertz CT molecular complexity index is 7450. The highest BCUT2D eigenvalue weighted by molar-refractivity contribution is 7.13. The minimum atomic E-state index is -0.976. The van der Waals surface area contributed by atoms with Crippen molar-refractivity contribution in [3.8, 4) is 55.6 Å². The first-order valence-electron chi connectivity index (χ1n) is 49.4. The second-order valence-corrected chi connectivity index (χ2v) is 39.3. The minimum Gasteiger partial charge on any atom is -0.478 e. The topological polar surface area (TPSA) is 398 Å². The molecule has 3 fully saturated rings. The monoisotopic (exact) mass is 2030 g/mol. The van der Waals surface area contributed by atoms with Crippen molar-refractivity contribution >= 4 is 130 Å². The third-order valence-electron chi connectivity index (χ3n) is 27.7. The van der Waals surface area contributed by atoms with Crippen LogP contribution in [0.15, 0.2) is 203 Å². The maximum atomic E-state index is 13.5. The van der Waals surface area contributed by atoms with E-state index in [4.69, 9.17) is 44.9 Å². The molecule has 35 heteroatoms. The normalized spacial score (nSPS) is 15.0. The molecule has 6 N–H and O–H groups in total. The van der Waals surface area contributed by atoms with E-state index >= 15 is 0 Å². The van der Waals surface area contributed by atoms with Gasteiger partial charge in [-0.1, -0.05) is 61.7 Å². The Morgan fingerprint density at radius 3 is 1.13 bits per heavy atom. The molecule has 23 rings (SSSR count). The number of carboxylic acids is 6. The summed E-state index contributed by atoms with van der Waals surface area (Å²) >= 11 is 1.61. The number of rotatable bonds is 22. The zero-order chi connectivity index (χ0) is 105. The van der Waals surface area contributed by atoms with Crippen molar-refractivity contribution in [1.29, 1.82) is 0 Å². The summed E-state index contributed by atoms with van der Waals surface area (Å²) in [4.78, 5) is 138. The van der Waals surface area contributed by atoms with Gasteiger partial charge in [-0.25, -0.2) is 106 Å². The maximum absolute atomic E-state index is 13.5. The third-order valence-corrected chi connectivity index (χ3v) is 28.5. The molecule has 10 aliphatic rings. The molecule has 6 aromatic carbocycles. The van der Waals surface area contributed by atoms with Crippen LogP contribution in [0.4, 0.5) is 63.8 Å². The largest absolute Gasteiger partial charge is 0.478 e. The predicted octanol–water partition coefficient (Wildman–Crippen LogP) is 20.7. The van der Waals surface area contributed by atoms with Gasteiger partial charge in [-0.2, -0.15) is 0 Å². The molecular formula is C114H108F4N18O12S. The molecule has 0 amide bonds. The van der Waals surface area contributed by atoms with Gasteiger partial charge < -0.3 is 60.0 Å². The van der Waals surface area contributed by atoms with E-state index in [0.29, 0.717) is 151 Å². The van der Waals surface area contributed by atoms with Crippen LogP contribution in [0.3, 0.4) is 0 Å². The average Bonchev–Trinajstić information content (AvgIpc) is 1.79. The second-order valence-electron chi connectivity index (χ2n) is 38.4. The highest BCUT2D eigenvalue weighted by Gasteiger charge is 2.37. The number of thiophene rings is 1. The number of para-hydroxylation sites is 2. The molecule has 0 unspecified atom stereocenters. The van der Waals surface area contributed by atoms with Crippen molar-refractivity contribution in [2.75, 3.05) is 77.2 Å². The molecule has 13 aromatic rings. The molecule has 9 heterocycles. The van der Waals surface area contributed by atoms with Gasteiger partial charge in [0, 0.05) is 177 Å². The van der Waals surface area contributed by atoms with E-state index in [1.807, 2.05) is 93.1 Å². The van der Waals surface area contributed by atoms with E-state index in [1.165, 1.54) is 73.4 Å². The summed E-state index contributed by atoms with van der Waals surface area (Å²) in [6, 6.07) is 47.4.